The Labute approximate surface area is 265 Å². The number of nitrogens with one attached hydrogen (secondary N) is 3. The number of hydrogen-bond donors (Lipinski definition) is 4. The van der Waals surface area contributed by atoms with Crippen molar-refractivity contribution in [1.82, 2.24) is 10.6 Å². The lowest BCUT2D eigenvalue weighted by atomic mass is 9.80. The standard InChI is InChI=1S/C20H25ClN2O5.C13H20N2O/c1-4-28-20(25)18-15(11-27-10-9-22)23-12(2)16(19(24)26-3)17(18)13-7-5-6-8-14(13)21;1-4-9-14-11(3)13(16)15-12-8-6-5-7-10(12)2/h5-8,17,23H,4,9-11,22H2,1-3H3;5-8,11,14H,4,9H2,1-3H3,(H,15,16). The first-order valence-electron chi connectivity index (χ1n) is 14.7. The van der Waals surface area contributed by atoms with E-state index < -0.39 is 17.9 Å². The first-order valence-corrected chi connectivity index (χ1v) is 15.1. The Morgan fingerprint density at radius 3 is 2.32 bits per heavy atom. The van der Waals surface area contributed by atoms with Gasteiger partial charge in [0.25, 0.3) is 0 Å². The van der Waals surface area contributed by atoms with Crippen molar-refractivity contribution in [2.45, 2.75) is 53.0 Å². The second-order valence-corrected chi connectivity index (χ2v) is 10.5. The highest BCUT2D eigenvalue weighted by Gasteiger charge is 2.39. The van der Waals surface area contributed by atoms with E-state index in [4.69, 9.17) is 31.5 Å². The van der Waals surface area contributed by atoms with E-state index in [0.29, 0.717) is 40.7 Å². The van der Waals surface area contributed by atoms with Gasteiger partial charge in [-0.05, 0) is 63.9 Å². The number of carbonyl (C=O) groups excluding carboxylic acids is 3. The SMILES string of the molecule is CCCNC(C)C(=O)Nc1ccccc1C.CCOC(=O)C1=C(COCCN)NC(C)=C(C(=O)OC)C1c1ccccc1Cl. The molecule has 0 saturated carbocycles. The van der Waals surface area contributed by atoms with Crippen LogP contribution in [-0.4, -0.2) is 63.9 Å². The van der Waals surface area contributed by atoms with E-state index in [1.807, 2.05) is 38.1 Å². The van der Waals surface area contributed by atoms with E-state index >= 15 is 0 Å². The number of methoxy groups -OCH3 is 1. The summed E-state index contributed by atoms with van der Waals surface area (Å²) in [6.45, 7) is 11.2. The Bertz CT molecular complexity index is 1340. The Morgan fingerprint density at radius 2 is 1.70 bits per heavy atom. The maximum atomic E-state index is 12.9. The van der Waals surface area contributed by atoms with Crippen LogP contribution in [0.3, 0.4) is 0 Å². The number of esters is 2. The third-order valence-corrected chi connectivity index (χ3v) is 7.11. The summed E-state index contributed by atoms with van der Waals surface area (Å²) in [5.41, 5.74) is 9.67. The fourth-order valence-corrected chi connectivity index (χ4v) is 4.77. The molecule has 44 heavy (non-hydrogen) atoms. The molecule has 0 bridgehead atoms. The third-order valence-electron chi connectivity index (χ3n) is 6.77. The number of aryl methyl sites for hydroxylation is 1. The number of rotatable bonds is 13. The number of anilines is 1. The largest absolute Gasteiger partial charge is 0.466 e. The molecule has 0 aliphatic carbocycles. The summed E-state index contributed by atoms with van der Waals surface area (Å²) >= 11 is 6.42. The predicted molar refractivity (Wildman–Crippen MR) is 173 cm³/mol. The average molecular weight is 629 g/mol. The summed E-state index contributed by atoms with van der Waals surface area (Å²) < 4.78 is 15.8. The van der Waals surface area contributed by atoms with Crippen molar-refractivity contribution in [2.24, 2.45) is 5.73 Å². The summed E-state index contributed by atoms with van der Waals surface area (Å²) in [5.74, 6) is -1.85. The van der Waals surface area contributed by atoms with Crippen LogP contribution < -0.4 is 21.7 Å². The van der Waals surface area contributed by atoms with Crippen LogP contribution in [0.15, 0.2) is 71.1 Å². The van der Waals surface area contributed by atoms with E-state index in [-0.39, 0.29) is 30.7 Å². The quantitative estimate of drug-likeness (QED) is 0.185. The van der Waals surface area contributed by atoms with Gasteiger partial charge in [0.2, 0.25) is 5.91 Å². The van der Waals surface area contributed by atoms with Crippen molar-refractivity contribution in [2.75, 3.05) is 45.3 Å². The molecule has 11 heteroatoms. The van der Waals surface area contributed by atoms with Crippen molar-refractivity contribution in [1.29, 1.82) is 0 Å². The van der Waals surface area contributed by atoms with Crippen LogP contribution in [0.2, 0.25) is 5.02 Å². The van der Waals surface area contributed by atoms with E-state index in [1.54, 1.807) is 38.1 Å². The zero-order valence-corrected chi connectivity index (χ0v) is 27.2. The van der Waals surface area contributed by atoms with Crippen molar-refractivity contribution < 1.29 is 28.6 Å². The number of dihydropyridines is 1. The van der Waals surface area contributed by atoms with Gasteiger partial charge in [-0.25, -0.2) is 9.59 Å². The Balaban J connectivity index is 0.000000358. The number of hydrogen-bond acceptors (Lipinski definition) is 9. The predicted octanol–water partition coefficient (Wildman–Crippen LogP) is 4.59. The summed E-state index contributed by atoms with van der Waals surface area (Å²) in [7, 11) is 1.29. The van der Waals surface area contributed by atoms with Crippen molar-refractivity contribution >= 4 is 35.1 Å². The van der Waals surface area contributed by atoms with Gasteiger partial charge in [0.1, 0.15) is 0 Å². The van der Waals surface area contributed by atoms with Crippen LogP contribution in [0, 0.1) is 6.92 Å². The van der Waals surface area contributed by atoms with Gasteiger partial charge in [-0.3, -0.25) is 4.79 Å². The Kier molecular flexibility index (Phi) is 15.6. The van der Waals surface area contributed by atoms with Gasteiger partial charge in [0.05, 0.1) is 55.7 Å². The molecule has 0 spiro atoms. The highest BCUT2D eigenvalue weighted by Crippen LogP contribution is 2.41. The van der Waals surface area contributed by atoms with Crippen LogP contribution in [0.1, 0.15) is 51.2 Å². The van der Waals surface area contributed by atoms with Gasteiger partial charge in [0, 0.05) is 23.0 Å². The van der Waals surface area contributed by atoms with E-state index in [2.05, 4.69) is 22.9 Å². The summed E-state index contributed by atoms with van der Waals surface area (Å²) in [5, 5.41) is 9.60. The number of allylic oxidation sites excluding steroid dienone is 1. The number of benzene rings is 2. The van der Waals surface area contributed by atoms with Crippen LogP contribution in [-0.2, 0) is 28.6 Å². The molecule has 3 rings (SSSR count). The lowest BCUT2D eigenvalue weighted by Gasteiger charge is -2.31. The monoisotopic (exact) mass is 628 g/mol. The van der Waals surface area contributed by atoms with Crippen LogP contribution >= 0.6 is 11.6 Å². The minimum absolute atomic E-state index is 0.0164. The number of ether oxygens (including phenoxy) is 3. The molecule has 1 aliphatic rings. The third kappa shape index (κ3) is 10.2. The van der Waals surface area contributed by atoms with Crippen LogP contribution in [0.25, 0.3) is 0 Å². The van der Waals surface area contributed by atoms with Crippen molar-refractivity contribution in [3.63, 3.8) is 0 Å². The molecular formula is C33H45ClN4O6. The zero-order valence-electron chi connectivity index (χ0n) is 26.4. The molecule has 1 amide bonds. The van der Waals surface area contributed by atoms with Crippen molar-refractivity contribution in [3.8, 4) is 0 Å². The van der Waals surface area contributed by atoms with Crippen LogP contribution in [0.4, 0.5) is 5.69 Å². The highest BCUT2D eigenvalue weighted by molar-refractivity contribution is 6.31. The molecule has 240 valence electrons. The van der Waals surface area contributed by atoms with Gasteiger partial charge in [-0.15, -0.1) is 0 Å². The molecule has 2 aromatic rings. The average Bonchev–Trinajstić information content (AvgIpc) is 3.01. The molecule has 10 nitrogen and oxygen atoms in total. The number of amides is 1. The van der Waals surface area contributed by atoms with Gasteiger partial charge in [-0.1, -0.05) is 54.9 Å². The van der Waals surface area contributed by atoms with Gasteiger partial charge >= 0.3 is 11.9 Å². The zero-order chi connectivity index (χ0) is 32.6. The Morgan fingerprint density at radius 1 is 1.02 bits per heavy atom. The maximum absolute atomic E-state index is 12.9. The number of para-hydroxylation sites is 1. The maximum Gasteiger partial charge on any atom is 0.336 e. The molecule has 2 unspecified atom stereocenters. The summed E-state index contributed by atoms with van der Waals surface area (Å²) in [6.07, 6.45) is 1.03. The van der Waals surface area contributed by atoms with Gasteiger partial charge < -0.3 is 35.9 Å². The van der Waals surface area contributed by atoms with E-state index in [0.717, 1.165) is 24.2 Å². The molecule has 0 radical (unpaired) electrons. The highest BCUT2D eigenvalue weighted by atomic mass is 35.5. The number of carbonyl (C=O) groups is 3. The second kappa shape index (κ2) is 18.9. The summed E-state index contributed by atoms with van der Waals surface area (Å²) in [6, 6.07) is 14.7. The first-order chi connectivity index (χ1) is 21.1. The molecule has 0 aromatic heterocycles. The lowest BCUT2D eigenvalue weighted by molar-refractivity contribution is -0.139. The minimum Gasteiger partial charge on any atom is -0.466 e. The fraction of sp³-hybridized carbons (Fsp3) is 0.424. The second-order valence-electron chi connectivity index (χ2n) is 10.0. The number of halogens is 1. The molecule has 2 atom stereocenters. The van der Waals surface area contributed by atoms with Gasteiger partial charge in [0.15, 0.2) is 0 Å². The summed E-state index contributed by atoms with van der Waals surface area (Å²) in [4.78, 5) is 37.3. The Hall–Kier alpha value is -3.70. The molecule has 0 saturated heterocycles. The molecule has 1 aliphatic heterocycles. The first kappa shape index (κ1) is 36.5. The molecular weight excluding hydrogens is 584 g/mol. The normalized spacial score (nSPS) is 15.0. The minimum atomic E-state index is -0.752. The van der Waals surface area contributed by atoms with E-state index in [9.17, 15) is 14.4 Å². The van der Waals surface area contributed by atoms with Crippen molar-refractivity contribution in [3.05, 3.63) is 87.2 Å². The molecule has 5 N–H and O–H groups in total. The van der Waals surface area contributed by atoms with Crippen LogP contribution in [0.5, 0.6) is 0 Å². The topological polar surface area (TPSA) is 141 Å². The fourth-order valence-electron chi connectivity index (χ4n) is 4.53. The van der Waals surface area contributed by atoms with E-state index in [1.165, 1.54) is 7.11 Å². The molecule has 2 aromatic carbocycles. The lowest BCUT2D eigenvalue weighted by Crippen LogP contribution is -2.38. The molecule has 0 fully saturated rings. The smallest absolute Gasteiger partial charge is 0.336 e. The van der Waals surface area contributed by atoms with Gasteiger partial charge in [-0.2, -0.15) is 0 Å². The molecule has 1 heterocycles. The number of nitrogens with two attached hydrogens (primary N) is 1.